The predicted octanol–water partition coefficient (Wildman–Crippen LogP) is 1.06. The topological polar surface area (TPSA) is 50.4 Å². The highest BCUT2D eigenvalue weighted by Gasteiger charge is 2.57. The van der Waals surface area contributed by atoms with Crippen molar-refractivity contribution in [2.45, 2.75) is 50.7 Å². The van der Waals surface area contributed by atoms with E-state index in [1.165, 1.54) is 12.8 Å². The van der Waals surface area contributed by atoms with E-state index >= 15 is 0 Å². The molecule has 0 aromatic rings. The number of hydrogen-bond donors (Lipinski definition) is 2. The molecule has 102 valence electrons. The van der Waals surface area contributed by atoms with E-state index < -0.39 is 0 Å². The summed E-state index contributed by atoms with van der Waals surface area (Å²) in [5.74, 6) is 0.597. The fraction of sp³-hybridized carbons (Fsp3) is 0.929. The molecule has 3 aliphatic rings. The molecule has 1 spiro atoms. The van der Waals surface area contributed by atoms with Crippen LogP contribution in [-0.4, -0.2) is 38.3 Å². The van der Waals surface area contributed by atoms with Crippen LogP contribution in [0.25, 0.3) is 0 Å². The van der Waals surface area contributed by atoms with Crippen LogP contribution in [0.15, 0.2) is 0 Å². The summed E-state index contributed by atoms with van der Waals surface area (Å²) in [5, 5.41) is 6.62. The summed E-state index contributed by atoms with van der Waals surface area (Å²) in [7, 11) is 1.76. The molecule has 1 heterocycles. The third kappa shape index (κ3) is 2.28. The molecule has 2 aliphatic carbocycles. The van der Waals surface area contributed by atoms with Crippen molar-refractivity contribution in [2.24, 2.45) is 11.3 Å². The van der Waals surface area contributed by atoms with E-state index in [0.717, 1.165) is 38.8 Å². The smallest absolute Gasteiger partial charge is 0.223 e. The van der Waals surface area contributed by atoms with Crippen LogP contribution in [-0.2, 0) is 9.53 Å². The van der Waals surface area contributed by atoms with Crippen molar-refractivity contribution in [1.82, 2.24) is 10.6 Å². The minimum absolute atomic E-state index is 0.293. The van der Waals surface area contributed by atoms with Gasteiger partial charge in [0.2, 0.25) is 5.91 Å². The molecule has 1 amide bonds. The molecule has 1 saturated heterocycles. The monoisotopic (exact) mass is 252 g/mol. The van der Waals surface area contributed by atoms with Gasteiger partial charge in [-0.05, 0) is 57.0 Å². The maximum Gasteiger partial charge on any atom is 0.223 e. The number of carbonyl (C=O) groups is 1. The van der Waals surface area contributed by atoms with Crippen LogP contribution in [0, 0.1) is 11.3 Å². The van der Waals surface area contributed by atoms with Gasteiger partial charge in [-0.2, -0.15) is 0 Å². The van der Waals surface area contributed by atoms with Crippen LogP contribution in [0.1, 0.15) is 38.5 Å². The SMILES string of the molecule is COC1CCC(NC(=O)C2CC23CCNCC3)C1. The molecular weight excluding hydrogens is 228 g/mol. The van der Waals surface area contributed by atoms with Crippen LogP contribution < -0.4 is 10.6 Å². The molecule has 1 aliphatic heterocycles. The van der Waals surface area contributed by atoms with Crippen molar-refractivity contribution in [3.8, 4) is 0 Å². The highest BCUT2D eigenvalue weighted by atomic mass is 16.5. The lowest BCUT2D eigenvalue weighted by Gasteiger charge is -2.23. The van der Waals surface area contributed by atoms with Gasteiger partial charge >= 0.3 is 0 Å². The third-order valence-electron chi connectivity index (χ3n) is 5.17. The van der Waals surface area contributed by atoms with Crippen LogP contribution in [0.3, 0.4) is 0 Å². The lowest BCUT2D eigenvalue weighted by molar-refractivity contribution is -0.124. The van der Waals surface area contributed by atoms with E-state index in [1.807, 2.05) is 0 Å². The Balaban J connectivity index is 1.48. The maximum atomic E-state index is 12.3. The molecule has 4 nitrogen and oxygen atoms in total. The second kappa shape index (κ2) is 4.82. The molecule has 0 bridgehead atoms. The Labute approximate surface area is 109 Å². The summed E-state index contributed by atoms with van der Waals surface area (Å²) in [5.41, 5.74) is 0.356. The van der Waals surface area contributed by atoms with Gasteiger partial charge < -0.3 is 15.4 Å². The molecule has 0 aromatic carbocycles. The first-order chi connectivity index (χ1) is 8.73. The summed E-state index contributed by atoms with van der Waals surface area (Å²) in [6, 6.07) is 0.349. The molecule has 3 atom stereocenters. The Hall–Kier alpha value is -0.610. The molecule has 2 saturated carbocycles. The number of amides is 1. The molecule has 4 heteroatoms. The van der Waals surface area contributed by atoms with Gasteiger partial charge in [-0.1, -0.05) is 0 Å². The number of piperidine rings is 1. The number of methoxy groups -OCH3 is 1. The Kier molecular flexibility index (Phi) is 3.32. The minimum Gasteiger partial charge on any atom is -0.381 e. The lowest BCUT2D eigenvalue weighted by atomic mass is 9.91. The van der Waals surface area contributed by atoms with Gasteiger partial charge in [-0.25, -0.2) is 0 Å². The molecule has 0 aromatic heterocycles. The molecule has 18 heavy (non-hydrogen) atoms. The van der Waals surface area contributed by atoms with Gasteiger partial charge in [0.25, 0.3) is 0 Å². The fourth-order valence-corrected chi connectivity index (χ4v) is 3.78. The lowest BCUT2D eigenvalue weighted by Crippen LogP contribution is -2.37. The fourth-order valence-electron chi connectivity index (χ4n) is 3.78. The predicted molar refractivity (Wildman–Crippen MR) is 69.2 cm³/mol. The molecule has 3 fully saturated rings. The zero-order valence-electron chi connectivity index (χ0n) is 11.2. The van der Waals surface area contributed by atoms with Gasteiger partial charge in [-0.3, -0.25) is 4.79 Å². The summed E-state index contributed by atoms with van der Waals surface area (Å²) in [6.45, 7) is 2.16. The van der Waals surface area contributed by atoms with E-state index in [1.54, 1.807) is 7.11 Å². The molecule has 3 unspecified atom stereocenters. The van der Waals surface area contributed by atoms with E-state index in [0.29, 0.717) is 29.4 Å². The van der Waals surface area contributed by atoms with Crippen molar-refractivity contribution in [1.29, 1.82) is 0 Å². The molecule has 0 radical (unpaired) electrons. The first-order valence-corrected chi connectivity index (χ1v) is 7.27. The number of ether oxygens (including phenoxy) is 1. The van der Waals surface area contributed by atoms with Gasteiger partial charge in [0, 0.05) is 19.1 Å². The second-order valence-electron chi connectivity index (χ2n) is 6.25. The van der Waals surface area contributed by atoms with Crippen LogP contribution >= 0.6 is 0 Å². The van der Waals surface area contributed by atoms with E-state index in [9.17, 15) is 4.79 Å². The zero-order valence-corrected chi connectivity index (χ0v) is 11.2. The van der Waals surface area contributed by atoms with Gasteiger partial charge in [0.15, 0.2) is 0 Å². The van der Waals surface area contributed by atoms with Crippen LogP contribution in [0.4, 0.5) is 0 Å². The van der Waals surface area contributed by atoms with Crippen LogP contribution in [0.2, 0.25) is 0 Å². The van der Waals surface area contributed by atoms with Crippen LogP contribution in [0.5, 0.6) is 0 Å². The minimum atomic E-state index is 0.293. The average Bonchev–Trinajstić information content (AvgIpc) is 2.88. The van der Waals surface area contributed by atoms with Gasteiger partial charge in [0.05, 0.1) is 6.10 Å². The Morgan fingerprint density at radius 3 is 2.78 bits per heavy atom. The number of hydrogen-bond acceptors (Lipinski definition) is 3. The highest BCUT2D eigenvalue weighted by Crippen LogP contribution is 2.58. The zero-order chi connectivity index (χ0) is 12.6. The summed E-state index contributed by atoms with van der Waals surface area (Å²) in [6.07, 6.45) is 6.96. The summed E-state index contributed by atoms with van der Waals surface area (Å²) in [4.78, 5) is 12.3. The largest absolute Gasteiger partial charge is 0.381 e. The van der Waals surface area contributed by atoms with Crippen molar-refractivity contribution in [3.63, 3.8) is 0 Å². The van der Waals surface area contributed by atoms with Crippen molar-refractivity contribution in [3.05, 3.63) is 0 Å². The van der Waals surface area contributed by atoms with Crippen molar-refractivity contribution < 1.29 is 9.53 Å². The average molecular weight is 252 g/mol. The Bertz CT molecular complexity index is 326. The quantitative estimate of drug-likeness (QED) is 0.789. The van der Waals surface area contributed by atoms with E-state index in [2.05, 4.69) is 10.6 Å². The maximum absolute atomic E-state index is 12.3. The molecule has 2 N–H and O–H groups in total. The van der Waals surface area contributed by atoms with E-state index in [4.69, 9.17) is 4.74 Å². The Morgan fingerprint density at radius 1 is 1.33 bits per heavy atom. The van der Waals surface area contributed by atoms with E-state index in [-0.39, 0.29) is 0 Å². The third-order valence-corrected chi connectivity index (χ3v) is 5.17. The normalized spacial score (nSPS) is 37.7. The number of carbonyl (C=O) groups excluding carboxylic acids is 1. The highest BCUT2D eigenvalue weighted by molar-refractivity contribution is 5.82. The van der Waals surface area contributed by atoms with Gasteiger partial charge in [0.1, 0.15) is 0 Å². The van der Waals surface area contributed by atoms with Crippen molar-refractivity contribution in [2.75, 3.05) is 20.2 Å². The standard InChI is InChI=1S/C14H24N2O2/c1-18-11-3-2-10(8-11)16-13(17)12-9-14(12)4-6-15-7-5-14/h10-12,15H,2-9H2,1H3,(H,16,17). The summed E-state index contributed by atoms with van der Waals surface area (Å²) >= 11 is 0. The molecule has 3 rings (SSSR count). The van der Waals surface area contributed by atoms with Crippen molar-refractivity contribution >= 4 is 5.91 Å². The Morgan fingerprint density at radius 2 is 2.11 bits per heavy atom. The van der Waals surface area contributed by atoms with Gasteiger partial charge in [-0.15, -0.1) is 0 Å². The summed E-state index contributed by atoms with van der Waals surface area (Å²) < 4.78 is 5.35. The number of rotatable bonds is 3. The first kappa shape index (κ1) is 12.4. The first-order valence-electron chi connectivity index (χ1n) is 7.27. The number of nitrogens with one attached hydrogen (secondary N) is 2. The second-order valence-corrected chi connectivity index (χ2v) is 6.25. The molecular formula is C14H24N2O2.